The molecule has 2 rings (SSSR count). The van der Waals surface area contributed by atoms with Crippen LogP contribution in [-0.4, -0.2) is 27.6 Å². The molecule has 0 aliphatic carbocycles. The molecule has 7 heteroatoms. The second-order valence-corrected chi connectivity index (χ2v) is 4.00. The van der Waals surface area contributed by atoms with Gasteiger partial charge < -0.3 is 9.84 Å². The van der Waals surface area contributed by atoms with Crippen LogP contribution in [0.15, 0.2) is 16.9 Å². The molecule has 0 saturated carbocycles. The van der Waals surface area contributed by atoms with Crippen LogP contribution >= 0.6 is 0 Å². The predicted molar refractivity (Wildman–Crippen MR) is 70.1 cm³/mol. The zero-order chi connectivity index (χ0) is 13.8. The van der Waals surface area contributed by atoms with E-state index in [0.717, 1.165) is 11.3 Å². The van der Waals surface area contributed by atoms with E-state index in [1.54, 1.807) is 13.1 Å². The number of carbonyl (C=O) groups is 1. The van der Waals surface area contributed by atoms with Gasteiger partial charge in [-0.3, -0.25) is 15.1 Å². The molecule has 0 atom stereocenters. The molecule has 2 aromatic rings. The highest BCUT2D eigenvalue weighted by Crippen LogP contribution is 2.18. The van der Waals surface area contributed by atoms with Gasteiger partial charge in [0.25, 0.3) is 5.91 Å². The number of carbonyl (C=O) groups excluding carboxylic acids is 1. The molecule has 0 bridgehead atoms. The second kappa shape index (κ2) is 5.47. The number of aryl methyl sites for hydroxylation is 1. The van der Waals surface area contributed by atoms with Crippen molar-refractivity contribution >= 4 is 17.6 Å². The summed E-state index contributed by atoms with van der Waals surface area (Å²) in [6.07, 6.45) is 2.96. The van der Waals surface area contributed by atoms with Crippen molar-refractivity contribution in [3.8, 4) is 0 Å². The highest BCUT2D eigenvalue weighted by molar-refractivity contribution is 6.02. The summed E-state index contributed by atoms with van der Waals surface area (Å²) in [5, 5.41) is 9.38. The van der Waals surface area contributed by atoms with E-state index in [2.05, 4.69) is 25.8 Å². The summed E-state index contributed by atoms with van der Waals surface area (Å²) in [5.74, 6) is 0.505. The van der Waals surface area contributed by atoms with Crippen molar-refractivity contribution in [1.29, 1.82) is 0 Å². The number of nitrogens with one attached hydrogen (secondary N) is 2. The molecule has 0 aliphatic heterocycles. The minimum Gasteiger partial charge on any atom is -0.369 e. The van der Waals surface area contributed by atoms with Gasteiger partial charge in [0.1, 0.15) is 11.5 Å². The minimum atomic E-state index is -0.383. The quantitative estimate of drug-likeness (QED) is 0.871. The summed E-state index contributed by atoms with van der Waals surface area (Å²) in [4.78, 5) is 20.1. The van der Waals surface area contributed by atoms with E-state index in [-0.39, 0.29) is 11.6 Å². The fourth-order valence-corrected chi connectivity index (χ4v) is 1.44. The molecule has 100 valence electrons. The molecular weight excluding hydrogens is 246 g/mol. The number of hydrogen-bond acceptors (Lipinski definition) is 6. The molecule has 2 aromatic heterocycles. The SMILES string of the molecule is CCNc1cncc(C(=O)Nc2onc(C)c2C)n1. The largest absolute Gasteiger partial charge is 0.369 e. The van der Waals surface area contributed by atoms with Gasteiger partial charge in [0.2, 0.25) is 5.88 Å². The van der Waals surface area contributed by atoms with E-state index in [1.165, 1.54) is 6.20 Å². The standard InChI is InChI=1S/C12H15N5O2/c1-4-14-10-6-13-5-9(15-10)11(18)16-12-7(2)8(3)17-19-12/h5-6H,4H2,1-3H3,(H,14,15)(H,16,18). The van der Waals surface area contributed by atoms with Crippen LogP contribution in [0.1, 0.15) is 28.7 Å². The smallest absolute Gasteiger partial charge is 0.278 e. The molecule has 7 nitrogen and oxygen atoms in total. The van der Waals surface area contributed by atoms with Crippen molar-refractivity contribution < 1.29 is 9.32 Å². The molecule has 0 aliphatic rings. The second-order valence-electron chi connectivity index (χ2n) is 4.00. The van der Waals surface area contributed by atoms with Gasteiger partial charge in [-0.05, 0) is 20.8 Å². The van der Waals surface area contributed by atoms with Gasteiger partial charge in [0.15, 0.2) is 0 Å². The zero-order valence-electron chi connectivity index (χ0n) is 11.0. The normalized spacial score (nSPS) is 10.3. The van der Waals surface area contributed by atoms with Gasteiger partial charge in [-0.1, -0.05) is 5.16 Å². The molecule has 2 N–H and O–H groups in total. The Morgan fingerprint density at radius 3 is 2.79 bits per heavy atom. The first kappa shape index (κ1) is 13.0. The third-order valence-corrected chi connectivity index (χ3v) is 2.61. The highest BCUT2D eigenvalue weighted by atomic mass is 16.5. The topological polar surface area (TPSA) is 92.9 Å². The van der Waals surface area contributed by atoms with Crippen LogP contribution in [0.4, 0.5) is 11.7 Å². The van der Waals surface area contributed by atoms with E-state index in [4.69, 9.17) is 4.52 Å². The Hall–Kier alpha value is -2.44. The van der Waals surface area contributed by atoms with Crippen molar-refractivity contribution in [3.63, 3.8) is 0 Å². The van der Waals surface area contributed by atoms with Crippen LogP contribution < -0.4 is 10.6 Å². The Bertz CT molecular complexity index is 594. The maximum Gasteiger partial charge on any atom is 0.278 e. The number of rotatable bonds is 4. The number of nitrogens with zero attached hydrogens (tertiary/aromatic N) is 3. The van der Waals surface area contributed by atoms with Gasteiger partial charge in [-0.2, -0.15) is 0 Å². The number of amides is 1. The van der Waals surface area contributed by atoms with Crippen LogP contribution in [0.5, 0.6) is 0 Å². The van der Waals surface area contributed by atoms with Gasteiger partial charge in [0.05, 0.1) is 18.1 Å². The summed E-state index contributed by atoms with van der Waals surface area (Å²) in [6.45, 7) is 6.28. The Kier molecular flexibility index (Phi) is 3.74. The fourth-order valence-electron chi connectivity index (χ4n) is 1.44. The van der Waals surface area contributed by atoms with Crippen molar-refractivity contribution in [3.05, 3.63) is 29.3 Å². The summed E-state index contributed by atoms with van der Waals surface area (Å²) in [7, 11) is 0. The highest BCUT2D eigenvalue weighted by Gasteiger charge is 2.14. The summed E-state index contributed by atoms with van der Waals surface area (Å²) in [6, 6.07) is 0. The maximum atomic E-state index is 12.0. The molecule has 0 saturated heterocycles. The average Bonchev–Trinajstić information content (AvgIpc) is 2.71. The molecule has 0 radical (unpaired) electrons. The first-order chi connectivity index (χ1) is 9.11. The van der Waals surface area contributed by atoms with Crippen molar-refractivity contribution in [2.45, 2.75) is 20.8 Å². The van der Waals surface area contributed by atoms with Gasteiger partial charge in [-0.15, -0.1) is 0 Å². The lowest BCUT2D eigenvalue weighted by Gasteiger charge is -2.04. The lowest BCUT2D eigenvalue weighted by Crippen LogP contribution is -2.15. The van der Waals surface area contributed by atoms with Crippen LogP contribution in [0, 0.1) is 13.8 Å². The number of anilines is 2. The lowest BCUT2D eigenvalue weighted by molar-refractivity contribution is 0.101. The Morgan fingerprint density at radius 1 is 1.37 bits per heavy atom. The van der Waals surface area contributed by atoms with E-state index in [1.807, 2.05) is 13.8 Å². The monoisotopic (exact) mass is 261 g/mol. The number of hydrogen-bond donors (Lipinski definition) is 2. The van der Waals surface area contributed by atoms with Crippen LogP contribution in [-0.2, 0) is 0 Å². The molecule has 2 heterocycles. The van der Waals surface area contributed by atoms with E-state index < -0.39 is 0 Å². The summed E-state index contributed by atoms with van der Waals surface area (Å²) < 4.78 is 5.02. The molecular formula is C12H15N5O2. The third kappa shape index (κ3) is 2.87. The average molecular weight is 261 g/mol. The van der Waals surface area contributed by atoms with Crippen molar-refractivity contribution in [2.75, 3.05) is 17.2 Å². The van der Waals surface area contributed by atoms with Crippen LogP contribution in [0.3, 0.4) is 0 Å². The van der Waals surface area contributed by atoms with Gasteiger partial charge in [0, 0.05) is 12.1 Å². The summed E-state index contributed by atoms with van der Waals surface area (Å²) in [5.41, 5.74) is 1.75. The van der Waals surface area contributed by atoms with E-state index >= 15 is 0 Å². The predicted octanol–water partition coefficient (Wildman–Crippen LogP) is 1.77. The number of aromatic nitrogens is 3. The zero-order valence-corrected chi connectivity index (χ0v) is 11.0. The third-order valence-electron chi connectivity index (χ3n) is 2.61. The summed E-state index contributed by atoms with van der Waals surface area (Å²) >= 11 is 0. The molecule has 0 aromatic carbocycles. The fraction of sp³-hybridized carbons (Fsp3) is 0.333. The van der Waals surface area contributed by atoms with Gasteiger partial charge in [-0.25, -0.2) is 4.98 Å². The molecule has 1 amide bonds. The lowest BCUT2D eigenvalue weighted by atomic mass is 10.3. The first-order valence-corrected chi connectivity index (χ1v) is 5.92. The first-order valence-electron chi connectivity index (χ1n) is 5.92. The Labute approximate surface area is 110 Å². The Balaban J connectivity index is 2.16. The van der Waals surface area contributed by atoms with Crippen LogP contribution in [0.2, 0.25) is 0 Å². The Morgan fingerprint density at radius 2 is 2.16 bits per heavy atom. The van der Waals surface area contributed by atoms with E-state index in [9.17, 15) is 4.79 Å². The van der Waals surface area contributed by atoms with E-state index in [0.29, 0.717) is 18.2 Å². The molecule has 0 spiro atoms. The molecule has 0 fully saturated rings. The molecule has 19 heavy (non-hydrogen) atoms. The minimum absolute atomic E-state index is 0.215. The maximum absolute atomic E-state index is 12.0. The van der Waals surface area contributed by atoms with Gasteiger partial charge >= 0.3 is 0 Å². The van der Waals surface area contributed by atoms with Crippen molar-refractivity contribution in [1.82, 2.24) is 15.1 Å². The van der Waals surface area contributed by atoms with Crippen molar-refractivity contribution in [2.24, 2.45) is 0 Å². The van der Waals surface area contributed by atoms with Crippen LogP contribution in [0.25, 0.3) is 0 Å². The molecule has 0 unspecified atom stereocenters.